The fourth-order valence-electron chi connectivity index (χ4n) is 4.50. The van der Waals surface area contributed by atoms with Crippen molar-refractivity contribution < 1.29 is 17.1 Å². The van der Waals surface area contributed by atoms with E-state index in [1.807, 2.05) is 0 Å². The number of hydrogen-bond donors (Lipinski definition) is 0. The molecule has 0 N–H and O–H groups in total. The molecule has 0 aromatic heterocycles. The molecule has 0 spiro atoms. The van der Waals surface area contributed by atoms with Crippen LogP contribution in [-0.2, 0) is 6.16 Å². The first-order valence-corrected chi connectivity index (χ1v) is 12.3. The van der Waals surface area contributed by atoms with Gasteiger partial charge in [0.1, 0.15) is 28.9 Å². The van der Waals surface area contributed by atoms with Gasteiger partial charge in [-0.3, -0.25) is 0 Å². The first-order chi connectivity index (χ1) is 14.6. The van der Waals surface area contributed by atoms with Crippen LogP contribution in [0.5, 0.6) is 5.75 Å². The van der Waals surface area contributed by atoms with E-state index in [1.165, 1.54) is 32.6 Å². The Morgan fingerprint density at radius 1 is 0.613 bits per heavy atom. The molecule has 0 atom stereocenters. The fraction of sp³-hybridized carbons (Fsp3) is 0.143. The van der Waals surface area contributed by atoms with Crippen LogP contribution in [0.4, 0.5) is 0 Å². The van der Waals surface area contributed by atoms with E-state index < -0.39 is 7.26 Å². The number of methoxy groups -OCH3 is 1. The first-order valence-electron chi connectivity index (χ1n) is 10.3. The van der Waals surface area contributed by atoms with Gasteiger partial charge in [-0.2, -0.15) is 0 Å². The zero-order chi connectivity index (χ0) is 21.0. The molecule has 0 heterocycles. The van der Waals surface area contributed by atoms with Crippen LogP contribution in [0.15, 0.2) is 103 Å². The Morgan fingerprint density at radius 2 is 0.968 bits per heavy atom. The normalized spacial score (nSPS) is 10.9. The molecule has 1 nitrogen and oxygen atoms in total. The van der Waals surface area contributed by atoms with Crippen molar-refractivity contribution in [3.05, 3.63) is 120 Å². The van der Waals surface area contributed by atoms with Gasteiger partial charge in [0.2, 0.25) is 0 Å². The van der Waals surface area contributed by atoms with Crippen LogP contribution >= 0.6 is 7.26 Å². The molecule has 0 saturated heterocycles. The lowest BCUT2D eigenvalue weighted by Crippen LogP contribution is -3.00. The van der Waals surface area contributed by atoms with Gasteiger partial charge in [-0.1, -0.05) is 54.6 Å². The topological polar surface area (TPSA) is 9.23 Å². The average Bonchev–Trinajstić information content (AvgIpc) is 2.79. The molecule has 4 aromatic rings. The summed E-state index contributed by atoms with van der Waals surface area (Å²) in [4.78, 5) is 0. The summed E-state index contributed by atoms with van der Waals surface area (Å²) in [6.07, 6.45) is 0.983. The van der Waals surface area contributed by atoms with Gasteiger partial charge >= 0.3 is 0 Å². The van der Waals surface area contributed by atoms with E-state index in [9.17, 15) is 0 Å². The molecule has 0 aliphatic carbocycles. The van der Waals surface area contributed by atoms with Gasteiger partial charge in [-0.05, 0) is 79.1 Å². The average molecular weight is 447 g/mol. The fourth-order valence-corrected chi connectivity index (χ4v) is 8.71. The van der Waals surface area contributed by atoms with Gasteiger partial charge in [0, 0.05) is 0 Å². The van der Waals surface area contributed by atoms with Crippen LogP contribution < -0.4 is 33.1 Å². The van der Waals surface area contributed by atoms with E-state index in [4.69, 9.17) is 4.74 Å². The van der Waals surface area contributed by atoms with Crippen LogP contribution in [0.1, 0.15) is 16.7 Å². The smallest absolute Gasteiger partial charge is 0.124 e. The zero-order valence-electron chi connectivity index (χ0n) is 18.3. The van der Waals surface area contributed by atoms with Gasteiger partial charge < -0.3 is 17.1 Å². The summed E-state index contributed by atoms with van der Waals surface area (Å²) in [6.45, 7) is 4.28. The third kappa shape index (κ3) is 4.54. The van der Waals surface area contributed by atoms with Crippen LogP contribution in [0.3, 0.4) is 0 Å². The van der Waals surface area contributed by atoms with Crippen molar-refractivity contribution in [1.82, 2.24) is 0 Å². The largest absolute Gasteiger partial charge is 1.00 e. The summed E-state index contributed by atoms with van der Waals surface area (Å²) < 4.78 is 5.62. The Labute approximate surface area is 192 Å². The lowest BCUT2D eigenvalue weighted by atomic mass is 10.1. The minimum Gasteiger partial charge on any atom is -1.00 e. The van der Waals surface area contributed by atoms with E-state index >= 15 is 0 Å². The van der Waals surface area contributed by atoms with E-state index in [0.29, 0.717) is 0 Å². The summed E-state index contributed by atoms with van der Waals surface area (Å²) in [6, 6.07) is 37.7. The summed E-state index contributed by atoms with van der Waals surface area (Å²) in [5, 5.41) is 4.23. The molecule has 0 aliphatic heterocycles. The van der Waals surface area contributed by atoms with Crippen LogP contribution in [0, 0.1) is 13.8 Å². The third-order valence-electron chi connectivity index (χ3n) is 5.73. The molecular weight excluding hydrogens is 419 g/mol. The Bertz CT molecular complexity index is 992. The third-order valence-corrected chi connectivity index (χ3v) is 10.1. The number of ether oxygens (including phenoxy) is 1. The summed E-state index contributed by atoms with van der Waals surface area (Å²) in [5.41, 5.74) is 3.75. The predicted octanol–water partition coefficient (Wildman–Crippen LogP) is 2.81. The second-order valence-electron chi connectivity index (χ2n) is 7.74. The SMILES string of the molecule is COc1c(C)cc(C[P+](c2ccccc2)(c2ccccc2)c2ccccc2)cc1C.[Cl-]. The van der Waals surface area contributed by atoms with Crippen LogP contribution in [0.2, 0.25) is 0 Å². The number of halogens is 1. The Morgan fingerprint density at radius 3 is 1.29 bits per heavy atom. The maximum Gasteiger partial charge on any atom is 0.124 e. The highest BCUT2D eigenvalue weighted by Gasteiger charge is 2.45. The molecule has 0 amide bonds. The van der Waals surface area contributed by atoms with Gasteiger partial charge in [-0.25, -0.2) is 0 Å². The van der Waals surface area contributed by atoms with E-state index in [1.54, 1.807) is 7.11 Å². The molecule has 0 unspecified atom stereocenters. The molecule has 0 aliphatic rings. The quantitative estimate of drug-likeness (QED) is 0.414. The molecule has 0 fully saturated rings. The number of benzene rings is 4. The van der Waals surface area contributed by atoms with Gasteiger partial charge in [0.05, 0.1) is 13.3 Å². The summed E-state index contributed by atoms with van der Waals surface area (Å²) in [5.74, 6) is 0.988. The second-order valence-corrected chi connectivity index (χ2v) is 11.2. The lowest BCUT2D eigenvalue weighted by Gasteiger charge is -2.28. The highest BCUT2D eigenvalue weighted by molar-refractivity contribution is 7.95. The molecule has 0 saturated carbocycles. The number of aryl methyl sites for hydroxylation is 2. The maximum atomic E-state index is 5.62. The maximum absolute atomic E-state index is 5.62. The van der Waals surface area contributed by atoms with Gasteiger partial charge in [0.25, 0.3) is 0 Å². The van der Waals surface area contributed by atoms with Crippen molar-refractivity contribution in [2.75, 3.05) is 7.11 Å². The van der Waals surface area contributed by atoms with Crippen LogP contribution in [-0.4, -0.2) is 7.11 Å². The first kappa shape index (κ1) is 23.1. The molecule has 3 heteroatoms. The molecular formula is C28H28ClOP. The van der Waals surface area contributed by atoms with Crippen molar-refractivity contribution in [2.45, 2.75) is 20.0 Å². The molecule has 158 valence electrons. The summed E-state index contributed by atoms with van der Waals surface area (Å²) in [7, 11) is -0.125. The van der Waals surface area contributed by atoms with Crippen molar-refractivity contribution in [3.8, 4) is 5.75 Å². The van der Waals surface area contributed by atoms with E-state index in [0.717, 1.165) is 11.9 Å². The van der Waals surface area contributed by atoms with Crippen molar-refractivity contribution in [3.63, 3.8) is 0 Å². The molecule has 31 heavy (non-hydrogen) atoms. The predicted molar refractivity (Wildman–Crippen MR) is 131 cm³/mol. The Balaban J connectivity index is 0.00000272. The minimum absolute atomic E-state index is 0. The molecule has 4 aromatic carbocycles. The molecule has 0 radical (unpaired) electrons. The van der Waals surface area contributed by atoms with Crippen molar-refractivity contribution in [2.24, 2.45) is 0 Å². The highest BCUT2D eigenvalue weighted by Crippen LogP contribution is 2.58. The number of rotatable bonds is 6. The second kappa shape index (κ2) is 10.1. The molecule has 0 bridgehead atoms. The van der Waals surface area contributed by atoms with Crippen LogP contribution in [0.25, 0.3) is 0 Å². The minimum atomic E-state index is -1.88. The zero-order valence-corrected chi connectivity index (χ0v) is 19.9. The monoisotopic (exact) mass is 446 g/mol. The van der Waals surface area contributed by atoms with Gasteiger partial charge in [0.15, 0.2) is 0 Å². The van der Waals surface area contributed by atoms with Crippen molar-refractivity contribution >= 4 is 23.2 Å². The lowest BCUT2D eigenvalue weighted by molar-refractivity contribution is -0.00000628. The Hall–Kier alpha value is -2.60. The highest BCUT2D eigenvalue weighted by atomic mass is 35.5. The standard InChI is InChI=1S/C28H28OP.ClH/c1-22-19-24(20-23(2)28(22)29-3)21-30(25-13-7-4-8-14-25,26-15-9-5-10-16-26)27-17-11-6-12-18-27;/h4-20H,21H2,1-3H3;1H/q+1;/p-1. The van der Waals surface area contributed by atoms with Crippen molar-refractivity contribution in [1.29, 1.82) is 0 Å². The van der Waals surface area contributed by atoms with E-state index in [2.05, 4.69) is 117 Å². The number of hydrogen-bond acceptors (Lipinski definition) is 1. The summed E-state index contributed by atoms with van der Waals surface area (Å²) >= 11 is 0. The van der Waals surface area contributed by atoms with Gasteiger partial charge in [-0.15, -0.1) is 0 Å². The Kier molecular flexibility index (Phi) is 7.55. The molecule has 4 rings (SSSR count). The van der Waals surface area contributed by atoms with E-state index in [-0.39, 0.29) is 12.4 Å².